The van der Waals surface area contributed by atoms with Crippen LogP contribution in [0.15, 0.2) is 60.7 Å². The first-order valence-electron chi connectivity index (χ1n) is 10.5. The summed E-state index contributed by atoms with van der Waals surface area (Å²) in [4.78, 5) is 26.5. The van der Waals surface area contributed by atoms with Crippen molar-refractivity contribution in [2.75, 3.05) is 6.61 Å². The van der Waals surface area contributed by atoms with Crippen molar-refractivity contribution >= 4 is 12.1 Å². The van der Waals surface area contributed by atoms with E-state index in [4.69, 9.17) is 18.9 Å². The molecule has 0 spiro atoms. The number of hydrogen-bond acceptors (Lipinski definition) is 6. The number of ether oxygens (including phenoxy) is 4. The fourth-order valence-electron chi connectivity index (χ4n) is 4.52. The summed E-state index contributed by atoms with van der Waals surface area (Å²) in [6.07, 6.45) is -1.46. The van der Waals surface area contributed by atoms with Crippen LogP contribution >= 0.6 is 0 Å². The van der Waals surface area contributed by atoms with Crippen LogP contribution in [0.4, 0.5) is 4.79 Å². The molecule has 0 aromatic heterocycles. The molecule has 0 N–H and O–H groups in total. The predicted molar refractivity (Wildman–Crippen MR) is 112 cm³/mol. The fraction of sp³-hybridized carbons (Fsp3) is 0.417. The molecule has 2 aliphatic heterocycles. The first-order chi connectivity index (χ1) is 14.9. The van der Waals surface area contributed by atoms with Crippen molar-refractivity contribution in [1.29, 1.82) is 0 Å². The lowest BCUT2D eigenvalue weighted by molar-refractivity contribution is -0.266. The van der Waals surface area contributed by atoms with Crippen LogP contribution in [0.2, 0.25) is 0 Å². The summed E-state index contributed by atoms with van der Waals surface area (Å²) >= 11 is 0. The monoisotopic (exact) mass is 425 g/mol. The second-order valence-corrected chi connectivity index (χ2v) is 7.84. The van der Waals surface area contributed by atoms with Gasteiger partial charge >= 0.3 is 12.1 Å². The SMILES string of the molecule is CCO[C@]1(C)O[C@H](OC(C)=O)C[C@H]1N1C(=O)O[C@@H](c2ccccc2)[C@H]1c1ccccc1. The average Bonchev–Trinajstić information content (AvgIpc) is 3.25. The first-order valence-corrected chi connectivity index (χ1v) is 10.5. The van der Waals surface area contributed by atoms with Crippen LogP contribution in [0.1, 0.15) is 50.5 Å². The minimum absolute atomic E-state index is 0.288. The van der Waals surface area contributed by atoms with Crippen molar-refractivity contribution < 1.29 is 28.5 Å². The Morgan fingerprint density at radius 3 is 2.29 bits per heavy atom. The van der Waals surface area contributed by atoms with E-state index in [1.165, 1.54) is 6.92 Å². The van der Waals surface area contributed by atoms with Crippen molar-refractivity contribution in [2.24, 2.45) is 0 Å². The van der Waals surface area contributed by atoms with Crippen LogP contribution in [-0.2, 0) is 23.7 Å². The number of rotatable bonds is 6. The van der Waals surface area contributed by atoms with E-state index < -0.39 is 36.3 Å². The van der Waals surface area contributed by atoms with Crippen LogP contribution in [0.3, 0.4) is 0 Å². The Morgan fingerprint density at radius 2 is 1.71 bits per heavy atom. The lowest BCUT2D eigenvalue weighted by atomic mass is 9.93. The smallest absolute Gasteiger partial charge is 0.411 e. The standard InChI is InChI=1S/C24H27NO6/c1-4-28-24(3)19(15-20(31-24)29-16(2)26)25-21(17-11-7-5-8-12-17)22(30-23(25)27)18-13-9-6-10-14-18/h5-14,19-22H,4,15H2,1-3H3/t19-,20+,21-,22+,24-/m1/s1. The van der Waals surface area contributed by atoms with Gasteiger partial charge in [0.25, 0.3) is 0 Å². The largest absolute Gasteiger partial charge is 0.439 e. The molecule has 4 rings (SSSR count). The molecule has 2 aromatic carbocycles. The maximum atomic E-state index is 13.2. The maximum Gasteiger partial charge on any atom is 0.411 e. The molecule has 0 unspecified atom stereocenters. The van der Waals surface area contributed by atoms with Gasteiger partial charge in [-0.2, -0.15) is 0 Å². The normalized spacial score (nSPS) is 30.3. The van der Waals surface area contributed by atoms with E-state index >= 15 is 0 Å². The molecule has 0 bridgehead atoms. The van der Waals surface area contributed by atoms with E-state index in [1.54, 1.807) is 11.8 Å². The Kier molecular flexibility index (Phi) is 5.98. The van der Waals surface area contributed by atoms with Crippen LogP contribution in [-0.4, -0.2) is 41.7 Å². The second-order valence-electron chi connectivity index (χ2n) is 7.84. The molecule has 2 aliphatic rings. The molecule has 164 valence electrons. The third-order valence-electron chi connectivity index (χ3n) is 5.74. The topological polar surface area (TPSA) is 74.3 Å². The Labute approximate surface area is 181 Å². The maximum absolute atomic E-state index is 13.2. The van der Waals surface area contributed by atoms with E-state index in [-0.39, 0.29) is 12.5 Å². The molecule has 2 heterocycles. The number of nitrogens with zero attached hydrogens (tertiary/aromatic N) is 1. The van der Waals surface area contributed by atoms with Crippen molar-refractivity contribution in [3.8, 4) is 0 Å². The molecule has 0 aliphatic carbocycles. The quantitative estimate of drug-likeness (QED) is 0.641. The summed E-state index contributed by atoms with van der Waals surface area (Å²) in [6.45, 7) is 5.34. The van der Waals surface area contributed by atoms with Crippen molar-refractivity contribution in [3.63, 3.8) is 0 Å². The van der Waals surface area contributed by atoms with Gasteiger partial charge in [-0.1, -0.05) is 60.7 Å². The van der Waals surface area contributed by atoms with E-state index in [0.29, 0.717) is 6.61 Å². The van der Waals surface area contributed by atoms with Crippen LogP contribution in [0.5, 0.6) is 0 Å². The van der Waals surface area contributed by atoms with Crippen LogP contribution in [0, 0.1) is 0 Å². The summed E-state index contributed by atoms with van der Waals surface area (Å²) in [5, 5.41) is 0. The van der Waals surface area contributed by atoms with Gasteiger partial charge in [0, 0.05) is 20.0 Å². The summed E-state index contributed by atoms with van der Waals surface area (Å²) in [7, 11) is 0. The zero-order valence-corrected chi connectivity index (χ0v) is 17.9. The lowest BCUT2D eigenvalue weighted by Gasteiger charge is -2.37. The fourth-order valence-corrected chi connectivity index (χ4v) is 4.52. The average molecular weight is 425 g/mol. The second kappa shape index (κ2) is 8.69. The van der Waals surface area contributed by atoms with Gasteiger partial charge in [-0.05, 0) is 25.0 Å². The van der Waals surface area contributed by atoms with E-state index in [1.807, 2.05) is 67.6 Å². The van der Waals surface area contributed by atoms with Gasteiger partial charge in [0.05, 0.1) is 6.04 Å². The molecule has 0 radical (unpaired) electrons. The molecule has 2 fully saturated rings. The highest BCUT2D eigenvalue weighted by Gasteiger charge is 2.57. The predicted octanol–water partition coefficient (Wildman–Crippen LogP) is 4.35. The third-order valence-corrected chi connectivity index (χ3v) is 5.74. The molecule has 1 amide bonds. The van der Waals surface area contributed by atoms with Crippen molar-refractivity contribution in [2.45, 2.75) is 57.5 Å². The highest BCUT2D eigenvalue weighted by Crippen LogP contribution is 2.49. The van der Waals surface area contributed by atoms with Crippen LogP contribution < -0.4 is 0 Å². The number of cyclic esters (lactones) is 1. The number of hydrogen-bond donors (Lipinski definition) is 0. The van der Waals surface area contributed by atoms with Gasteiger partial charge in [0.2, 0.25) is 6.29 Å². The number of benzene rings is 2. The summed E-state index contributed by atoms with van der Waals surface area (Å²) in [5.74, 6) is -1.60. The highest BCUT2D eigenvalue weighted by atomic mass is 16.8. The highest BCUT2D eigenvalue weighted by molar-refractivity contribution is 5.72. The Morgan fingerprint density at radius 1 is 1.10 bits per heavy atom. The molecule has 7 nitrogen and oxygen atoms in total. The minimum atomic E-state index is -1.15. The molecule has 2 aromatic rings. The van der Waals surface area contributed by atoms with Crippen molar-refractivity contribution in [1.82, 2.24) is 4.90 Å². The van der Waals surface area contributed by atoms with Gasteiger partial charge in [0.15, 0.2) is 11.9 Å². The van der Waals surface area contributed by atoms with Crippen LogP contribution in [0.25, 0.3) is 0 Å². The Bertz CT molecular complexity index is 920. The summed E-state index contributed by atoms with van der Waals surface area (Å²) in [5.41, 5.74) is 1.85. The number of carbonyl (C=O) groups is 2. The van der Waals surface area contributed by atoms with Gasteiger partial charge in [-0.25, -0.2) is 4.79 Å². The van der Waals surface area contributed by atoms with E-state index in [0.717, 1.165) is 11.1 Å². The zero-order valence-electron chi connectivity index (χ0n) is 17.9. The Balaban J connectivity index is 1.75. The van der Waals surface area contributed by atoms with Gasteiger partial charge < -0.3 is 18.9 Å². The minimum Gasteiger partial charge on any atom is -0.439 e. The molecule has 7 heteroatoms. The van der Waals surface area contributed by atoms with E-state index in [2.05, 4.69) is 0 Å². The molecular formula is C24H27NO6. The first kappa shape index (κ1) is 21.3. The number of carbonyl (C=O) groups excluding carboxylic acids is 2. The van der Waals surface area contributed by atoms with E-state index in [9.17, 15) is 9.59 Å². The molecule has 2 saturated heterocycles. The lowest BCUT2D eigenvalue weighted by Crippen LogP contribution is -2.51. The number of esters is 1. The summed E-state index contributed by atoms with van der Waals surface area (Å²) in [6, 6.07) is 18.5. The van der Waals surface area contributed by atoms with Gasteiger partial charge in [-0.3, -0.25) is 9.69 Å². The van der Waals surface area contributed by atoms with Gasteiger partial charge in [-0.15, -0.1) is 0 Å². The molecule has 31 heavy (non-hydrogen) atoms. The zero-order chi connectivity index (χ0) is 22.0. The van der Waals surface area contributed by atoms with Crippen molar-refractivity contribution in [3.05, 3.63) is 71.8 Å². The van der Waals surface area contributed by atoms with Gasteiger partial charge in [0.1, 0.15) is 6.04 Å². The third kappa shape index (κ3) is 4.16. The summed E-state index contributed by atoms with van der Waals surface area (Å²) < 4.78 is 23.1. The molecule has 0 saturated carbocycles. The number of amides is 1. The molecule has 5 atom stereocenters. The Hall–Kier alpha value is -2.90. The molecular weight excluding hydrogens is 398 g/mol.